The van der Waals surface area contributed by atoms with Gasteiger partial charge in [0.25, 0.3) is 0 Å². The lowest BCUT2D eigenvalue weighted by Gasteiger charge is -1.87. The molecule has 0 unspecified atom stereocenters. The number of rotatable bonds is 0. The Kier molecular flexibility index (Phi) is 3.54. The highest BCUT2D eigenvalue weighted by atomic mass is 35.5. The molecule has 4 heteroatoms. The van der Waals surface area contributed by atoms with Gasteiger partial charge >= 0.3 is 0 Å². The highest BCUT2D eigenvalue weighted by Gasteiger charge is 1.91. The van der Waals surface area contributed by atoms with E-state index < -0.39 is 0 Å². The Labute approximate surface area is 63.4 Å². The number of aromatic nitrogens is 1. The van der Waals surface area contributed by atoms with Crippen LogP contribution in [0, 0.1) is 0 Å². The number of hydrogen-bond donors (Lipinski definition) is 1. The van der Waals surface area contributed by atoms with Crippen LogP contribution < -0.4 is 6.15 Å². The number of hydrogen-bond acceptors (Lipinski definition) is 2. The Bertz CT molecular complexity index is 169. The van der Waals surface area contributed by atoms with Crippen molar-refractivity contribution in [2.75, 3.05) is 0 Å². The lowest BCUT2D eigenvalue weighted by molar-refractivity contribution is 1.33. The average molecular weight is 165 g/mol. The maximum atomic E-state index is 5.51. The second kappa shape index (κ2) is 3.67. The molecule has 3 N–H and O–H groups in total. The largest absolute Gasteiger partial charge is 0.344 e. The molecule has 1 aromatic heterocycles. The molecular formula is C5H6Cl2N2. The van der Waals surface area contributed by atoms with Crippen LogP contribution in [0.25, 0.3) is 0 Å². The summed E-state index contributed by atoms with van der Waals surface area (Å²) in [5.74, 6) is 0. The van der Waals surface area contributed by atoms with Gasteiger partial charge in [-0.3, -0.25) is 0 Å². The van der Waals surface area contributed by atoms with Crippen molar-refractivity contribution in [3.05, 3.63) is 28.5 Å². The summed E-state index contributed by atoms with van der Waals surface area (Å²) in [7, 11) is 0. The highest BCUT2D eigenvalue weighted by molar-refractivity contribution is 6.41. The second-order valence-electron chi connectivity index (χ2n) is 1.28. The average Bonchev–Trinajstić information content (AvgIpc) is 1.77. The van der Waals surface area contributed by atoms with E-state index in [4.69, 9.17) is 23.2 Å². The summed E-state index contributed by atoms with van der Waals surface area (Å²) in [6.07, 6.45) is 1.59. The van der Waals surface area contributed by atoms with Crippen molar-refractivity contribution in [1.29, 1.82) is 0 Å². The maximum absolute atomic E-state index is 5.51. The molecule has 0 aliphatic carbocycles. The van der Waals surface area contributed by atoms with Crippen molar-refractivity contribution < 1.29 is 0 Å². The molecule has 0 amide bonds. The van der Waals surface area contributed by atoms with Gasteiger partial charge in [0.15, 0.2) is 0 Å². The molecule has 2 nitrogen and oxygen atoms in total. The van der Waals surface area contributed by atoms with E-state index in [1.165, 1.54) is 0 Å². The zero-order valence-electron chi connectivity index (χ0n) is 4.64. The minimum Gasteiger partial charge on any atom is -0.344 e. The molecule has 0 atom stereocenters. The fraction of sp³-hybridized carbons (Fsp3) is 0. The summed E-state index contributed by atoms with van der Waals surface area (Å²) in [6, 6.07) is 3.42. The molecule has 1 rings (SSSR count). The summed E-state index contributed by atoms with van der Waals surface area (Å²) in [4.78, 5) is 3.71. The van der Waals surface area contributed by atoms with Crippen molar-refractivity contribution in [3.8, 4) is 0 Å². The van der Waals surface area contributed by atoms with Crippen molar-refractivity contribution in [1.82, 2.24) is 11.1 Å². The molecule has 0 aliphatic heterocycles. The van der Waals surface area contributed by atoms with E-state index in [2.05, 4.69) is 4.98 Å². The van der Waals surface area contributed by atoms with Gasteiger partial charge in [-0.15, -0.1) is 0 Å². The smallest absolute Gasteiger partial charge is 0.147 e. The molecule has 9 heavy (non-hydrogen) atoms. The Morgan fingerprint density at radius 2 is 2.00 bits per heavy atom. The first-order chi connectivity index (χ1) is 3.80. The van der Waals surface area contributed by atoms with Crippen LogP contribution >= 0.6 is 23.2 Å². The van der Waals surface area contributed by atoms with Gasteiger partial charge in [-0.2, -0.15) is 0 Å². The molecule has 50 valence electrons. The monoisotopic (exact) mass is 164 g/mol. The van der Waals surface area contributed by atoms with Crippen molar-refractivity contribution in [2.24, 2.45) is 0 Å². The van der Waals surface area contributed by atoms with Crippen LogP contribution in [0.1, 0.15) is 0 Å². The van der Waals surface area contributed by atoms with Crippen molar-refractivity contribution in [3.63, 3.8) is 0 Å². The molecule has 0 radical (unpaired) electrons. The summed E-state index contributed by atoms with van der Waals surface area (Å²) in [5.41, 5.74) is 0. The van der Waals surface area contributed by atoms with Gasteiger partial charge in [-0.25, -0.2) is 4.98 Å². The fourth-order valence-corrected chi connectivity index (χ4v) is 0.607. The summed E-state index contributed by atoms with van der Waals surface area (Å²) in [5, 5.41) is 0.850. The van der Waals surface area contributed by atoms with Crippen molar-refractivity contribution in [2.45, 2.75) is 0 Å². The molecule has 0 bridgehead atoms. The third-order valence-electron chi connectivity index (χ3n) is 0.714. The van der Waals surface area contributed by atoms with Gasteiger partial charge in [0, 0.05) is 6.20 Å². The predicted molar refractivity (Wildman–Crippen MR) is 39.3 cm³/mol. The predicted octanol–water partition coefficient (Wildman–Crippen LogP) is 2.55. The molecule has 0 spiro atoms. The molecule has 0 saturated carbocycles. The van der Waals surface area contributed by atoms with E-state index in [0.29, 0.717) is 10.2 Å². The lowest BCUT2D eigenvalue weighted by atomic mass is 10.5. The third-order valence-corrected chi connectivity index (χ3v) is 1.42. The van der Waals surface area contributed by atoms with Crippen LogP contribution in [0.4, 0.5) is 0 Å². The van der Waals surface area contributed by atoms with Crippen LogP contribution in [-0.4, -0.2) is 4.98 Å². The summed E-state index contributed by atoms with van der Waals surface area (Å²) < 4.78 is 0. The minimum absolute atomic E-state index is 0. The van der Waals surface area contributed by atoms with E-state index in [0.717, 1.165) is 0 Å². The Balaban J connectivity index is 0.000000640. The number of halogens is 2. The van der Waals surface area contributed by atoms with Crippen LogP contribution in [0.15, 0.2) is 18.3 Å². The SMILES string of the molecule is Clc1cccnc1Cl.N. The van der Waals surface area contributed by atoms with Crippen LogP contribution in [0.2, 0.25) is 10.2 Å². The standard InChI is InChI=1S/C5H3Cl2N.H3N/c6-4-2-1-3-8-5(4)7;/h1-3H;1H3. The topological polar surface area (TPSA) is 47.9 Å². The summed E-state index contributed by atoms with van der Waals surface area (Å²) in [6.45, 7) is 0. The quantitative estimate of drug-likeness (QED) is 0.600. The Hall–Kier alpha value is -0.310. The van der Waals surface area contributed by atoms with E-state index >= 15 is 0 Å². The fourth-order valence-electron chi connectivity index (χ4n) is 0.366. The molecule has 0 aliphatic rings. The molecule has 1 heterocycles. The first kappa shape index (κ1) is 8.69. The van der Waals surface area contributed by atoms with Crippen LogP contribution in [0.5, 0.6) is 0 Å². The van der Waals surface area contributed by atoms with E-state index in [-0.39, 0.29) is 6.15 Å². The first-order valence-electron chi connectivity index (χ1n) is 2.07. The number of pyridine rings is 1. The minimum atomic E-state index is 0. The normalized spacial score (nSPS) is 8.22. The van der Waals surface area contributed by atoms with Crippen molar-refractivity contribution >= 4 is 23.2 Å². The molecular weight excluding hydrogens is 159 g/mol. The second-order valence-corrected chi connectivity index (χ2v) is 2.04. The van der Waals surface area contributed by atoms with Crippen LogP contribution in [0.3, 0.4) is 0 Å². The summed E-state index contributed by atoms with van der Waals surface area (Å²) >= 11 is 11.0. The van der Waals surface area contributed by atoms with E-state index in [9.17, 15) is 0 Å². The van der Waals surface area contributed by atoms with Gasteiger partial charge < -0.3 is 6.15 Å². The number of nitrogens with zero attached hydrogens (tertiary/aromatic N) is 1. The van der Waals surface area contributed by atoms with E-state index in [1.807, 2.05) is 0 Å². The van der Waals surface area contributed by atoms with Gasteiger partial charge in [-0.1, -0.05) is 23.2 Å². The zero-order valence-corrected chi connectivity index (χ0v) is 6.15. The Morgan fingerprint density at radius 3 is 2.33 bits per heavy atom. The molecule has 0 saturated heterocycles. The maximum Gasteiger partial charge on any atom is 0.147 e. The van der Waals surface area contributed by atoms with Gasteiger partial charge in [0.2, 0.25) is 0 Å². The molecule has 1 aromatic rings. The highest BCUT2D eigenvalue weighted by Crippen LogP contribution is 2.16. The zero-order chi connectivity index (χ0) is 5.98. The van der Waals surface area contributed by atoms with Gasteiger partial charge in [0.1, 0.15) is 5.15 Å². The third kappa shape index (κ3) is 2.18. The molecule has 0 fully saturated rings. The van der Waals surface area contributed by atoms with Gasteiger partial charge in [0.05, 0.1) is 5.02 Å². The van der Waals surface area contributed by atoms with Gasteiger partial charge in [-0.05, 0) is 12.1 Å². The molecule has 0 aromatic carbocycles. The van der Waals surface area contributed by atoms with E-state index in [1.54, 1.807) is 18.3 Å². The lowest BCUT2D eigenvalue weighted by Crippen LogP contribution is -1.70. The van der Waals surface area contributed by atoms with Crippen LogP contribution in [-0.2, 0) is 0 Å². The Morgan fingerprint density at radius 1 is 1.33 bits per heavy atom. The first-order valence-corrected chi connectivity index (χ1v) is 2.82.